The largest absolute Gasteiger partial charge is 0.480 e. The molecule has 1 amide bonds. The van der Waals surface area contributed by atoms with Gasteiger partial charge in [0.1, 0.15) is 5.54 Å². The fraction of sp³-hybridized carbons (Fsp3) is 0.529. The summed E-state index contributed by atoms with van der Waals surface area (Å²) in [5, 5.41) is 12.1. The smallest absolute Gasteiger partial charge is 0.329 e. The van der Waals surface area contributed by atoms with Crippen molar-refractivity contribution in [3.8, 4) is 0 Å². The van der Waals surface area contributed by atoms with E-state index in [4.69, 9.17) is 0 Å². The second-order valence-corrected chi connectivity index (χ2v) is 9.42. The van der Waals surface area contributed by atoms with Gasteiger partial charge in [0.05, 0.1) is 4.90 Å². The first-order valence-electron chi connectivity index (χ1n) is 8.35. The van der Waals surface area contributed by atoms with Crippen LogP contribution in [0.3, 0.4) is 0 Å². The molecule has 1 aromatic carbocycles. The summed E-state index contributed by atoms with van der Waals surface area (Å²) in [6.07, 6.45) is 0.617. The average molecular weight is 401 g/mol. The number of amides is 1. The Morgan fingerprint density at radius 3 is 2.50 bits per heavy atom. The highest BCUT2D eigenvalue weighted by atomic mass is 32.2. The first-order valence-corrected chi connectivity index (χ1v) is 11.0. The van der Waals surface area contributed by atoms with E-state index in [1.54, 1.807) is 37.7 Å². The zero-order chi connectivity index (χ0) is 19.4. The van der Waals surface area contributed by atoms with E-state index in [9.17, 15) is 23.1 Å². The maximum absolute atomic E-state index is 12.4. The summed E-state index contributed by atoms with van der Waals surface area (Å²) >= 11 is 1.66. The number of aryl methyl sites for hydroxylation is 2. The maximum atomic E-state index is 12.4. The van der Waals surface area contributed by atoms with E-state index in [1.165, 1.54) is 0 Å². The third-order valence-electron chi connectivity index (χ3n) is 4.41. The number of carboxylic acids is 1. The number of carbonyl (C=O) groups is 2. The summed E-state index contributed by atoms with van der Waals surface area (Å²) in [5.41, 5.74) is 0.207. The Morgan fingerprint density at radius 1 is 1.23 bits per heavy atom. The lowest BCUT2D eigenvalue weighted by Gasteiger charge is -2.33. The molecule has 0 atom stereocenters. The molecule has 1 heterocycles. The summed E-state index contributed by atoms with van der Waals surface area (Å²) in [5.74, 6) is -0.164. The number of hydrogen-bond acceptors (Lipinski definition) is 5. The first kappa shape index (κ1) is 20.7. The molecule has 1 fully saturated rings. The molecule has 144 valence electrons. The van der Waals surface area contributed by atoms with Crippen LogP contribution in [-0.4, -0.2) is 49.0 Å². The number of nitrogens with one attached hydrogen (secondary N) is 2. The van der Waals surface area contributed by atoms with Crippen molar-refractivity contribution in [1.82, 2.24) is 10.0 Å². The molecule has 0 radical (unpaired) electrons. The quantitative estimate of drug-likeness (QED) is 0.638. The van der Waals surface area contributed by atoms with Crippen molar-refractivity contribution in [2.75, 3.05) is 18.1 Å². The summed E-state index contributed by atoms with van der Waals surface area (Å²) in [6, 6.07) is 5.14. The standard InChI is InChI=1S/C17H24N2O5S2/c1-12-3-4-13(2)14(11-12)26(23,24)18-8-5-15(20)19-17(16(21)22)6-9-25-10-7-17/h3-4,11,18H,5-10H2,1-2H3,(H,19,20)(H,21,22). The highest BCUT2D eigenvalue weighted by molar-refractivity contribution is 7.99. The lowest BCUT2D eigenvalue weighted by molar-refractivity contribution is -0.148. The van der Waals surface area contributed by atoms with Crippen LogP contribution in [0, 0.1) is 13.8 Å². The number of benzene rings is 1. The molecular formula is C17H24N2O5S2. The van der Waals surface area contributed by atoms with Gasteiger partial charge in [0.25, 0.3) is 0 Å². The lowest BCUT2D eigenvalue weighted by Crippen LogP contribution is -2.56. The van der Waals surface area contributed by atoms with Crippen LogP contribution in [0.2, 0.25) is 0 Å². The van der Waals surface area contributed by atoms with E-state index < -0.39 is 27.4 Å². The Bertz CT molecular complexity index is 786. The van der Waals surface area contributed by atoms with Gasteiger partial charge in [-0.25, -0.2) is 17.9 Å². The number of rotatable bonds is 7. The third kappa shape index (κ3) is 4.99. The third-order valence-corrected chi connectivity index (χ3v) is 7.00. The minimum absolute atomic E-state index is 0.0913. The van der Waals surface area contributed by atoms with Gasteiger partial charge in [0.2, 0.25) is 15.9 Å². The molecule has 7 nitrogen and oxygen atoms in total. The van der Waals surface area contributed by atoms with E-state index in [-0.39, 0.29) is 17.9 Å². The summed E-state index contributed by atoms with van der Waals surface area (Å²) in [7, 11) is -3.72. The second-order valence-electron chi connectivity index (χ2n) is 6.46. The molecular weight excluding hydrogens is 376 g/mol. The minimum atomic E-state index is -3.72. The lowest BCUT2D eigenvalue weighted by atomic mass is 9.92. The number of sulfonamides is 1. The predicted octanol–water partition coefficient (Wildman–Crippen LogP) is 1.44. The fourth-order valence-corrected chi connectivity index (χ4v) is 5.36. The number of thioether (sulfide) groups is 1. The number of carboxylic acid groups (broad SMARTS) is 1. The van der Waals surface area contributed by atoms with Crippen molar-refractivity contribution in [1.29, 1.82) is 0 Å². The molecule has 1 aromatic rings. The van der Waals surface area contributed by atoms with Gasteiger partial charge in [-0.1, -0.05) is 12.1 Å². The molecule has 0 aromatic heterocycles. The van der Waals surface area contributed by atoms with E-state index in [0.717, 1.165) is 5.56 Å². The Hall–Kier alpha value is -1.58. The molecule has 0 unspecified atom stereocenters. The van der Waals surface area contributed by atoms with Crippen LogP contribution >= 0.6 is 11.8 Å². The summed E-state index contributed by atoms with van der Waals surface area (Å²) < 4.78 is 27.2. The summed E-state index contributed by atoms with van der Waals surface area (Å²) in [6.45, 7) is 3.42. The van der Waals surface area contributed by atoms with Gasteiger partial charge in [-0.3, -0.25) is 4.79 Å². The molecule has 0 spiro atoms. The molecule has 3 N–H and O–H groups in total. The van der Waals surface area contributed by atoms with Crippen LogP contribution in [0.25, 0.3) is 0 Å². The number of carbonyl (C=O) groups excluding carboxylic acids is 1. The van der Waals surface area contributed by atoms with Crippen LogP contribution in [0.1, 0.15) is 30.4 Å². The Balaban J connectivity index is 1.95. The average Bonchev–Trinajstić information content (AvgIpc) is 2.57. The zero-order valence-electron chi connectivity index (χ0n) is 14.9. The van der Waals surface area contributed by atoms with Crippen molar-refractivity contribution >= 4 is 33.7 Å². The topological polar surface area (TPSA) is 113 Å². The van der Waals surface area contributed by atoms with Crippen LogP contribution in [0.4, 0.5) is 0 Å². The maximum Gasteiger partial charge on any atom is 0.329 e. The van der Waals surface area contributed by atoms with E-state index in [1.807, 2.05) is 6.07 Å². The van der Waals surface area contributed by atoms with Gasteiger partial charge in [-0.2, -0.15) is 11.8 Å². The zero-order valence-corrected chi connectivity index (χ0v) is 16.5. The SMILES string of the molecule is Cc1ccc(C)c(S(=O)(=O)NCCC(=O)NC2(C(=O)O)CCSCC2)c1. The molecule has 1 saturated heterocycles. The highest BCUT2D eigenvalue weighted by Gasteiger charge is 2.41. The van der Waals surface area contributed by atoms with Crippen molar-refractivity contribution in [2.45, 2.75) is 43.5 Å². The van der Waals surface area contributed by atoms with Gasteiger partial charge < -0.3 is 10.4 Å². The van der Waals surface area contributed by atoms with Crippen molar-refractivity contribution < 1.29 is 23.1 Å². The first-order chi connectivity index (χ1) is 12.2. The van der Waals surface area contributed by atoms with Gasteiger partial charge in [-0.15, -0.1) is 0 Å². The second kappa shape index (κ2) is 8.41. The van der Waals surface area contributed by atoms with Gasteiger partial charge in [-0.05, 0) is 55.4 Å². The number of hydrogen-bond donors (Lipinski definition) is 3. The Morgan fingerprint density at radius 2 is 1.88 bits per heavy atom. The molecule has 1 aliphatic heterocycles. The molecule has 9 heteroatoms. The van der Waals surface area contributed by atoms with Crippen molar-refractivity contribution in [3.05, 3.63) is 29.3 Å². The summed E-state index contributed by atoms with van der Waals surface area (Å²) in [4.78, 5) is 23.9. The molecule has 2 rings (SSSR count). The van der Waals surface area contributed by atoms with Crippen molar-refractivity contribution in [2.24, 2.45) is 0 Å². The minimum Gasteiger partial charge on any atom is -0.480 e. The monoisotopic (exact) mass is 400 g/mol. The molecule has 0 aliphatic carbocycles. The van der Waals surface area contributed by atoms with Crippen molar-refractivity contribution in [3.63, 3.8) is 0 Å². The Kier molecular flexibility index (Phi) is 6.70. The number of aliphatic carboxylic acids is 1. The molecule has 26 heavy (non-hydrogen) atoms. The highest BCUT2D eigenvalue weighted by Crippen LogP contribution is 2.27. The van der Waals surface area contributed by atoms with Gasteiger partial charge >= 0.3 is 5.97 Å². The van der Waals surface area contributed by atoms with Gasteiger partial charge in [0.15, 0.2) is 0 Å². The van der Waals surface area contributed by atoms with Gasteiger partial charge in [0, 0.05) is 13.0 Å². The molecule has 0 bridgehead atoms. The van der Waals surface area contributed by atoms with E-state index in [0.29, 0.717) is 29.9 Å². The Labute approximate surface area is 158 Å². The molecule has 0 saturated carbocycles. The van der Waals surface area contributed by atoms with Crippen LogP contribution in [0.5, 0.6) is 0 Å². The predicted molar refractivity (Wildman–Crippen MR) is 101 cm³/mol. The fourth-order valence-electron chi connectivity index (χ4n) is 2.82. The van der Waals surface area contributed by atoms with Crippen LogP contribution < -0.4 is 10.0 Å². The van der Waals surface area contributed by atoms with E-state index in [2.05, 4.69) is 10.0 Å². The molecule has 1 aliphatic rings. The van der Waals surface area contributed by atoms with Crippen LogP contribution in [-0.2, 0) is 19.6 Å². The normalized spacial score (nSPS) is 16.8. The van der Waals surface area contributed by atoms with Crippen LogP contribution in [0.15, 0.2) is 23.1 Å². The van der Waals surface area contributed by atoms with E-state index >= 15 is 0 Å².